The van der Waals surface area contributed by atoms with E-state index in [1.165, 1.54) is 0 Å². The fourth-order valence-corrected chi connectivity index (χ4v) is 3.61. The van der Waals surface area contributed by atoms with Gasteiger partial charge in [-0.05, 0) is 49.1 Å². The summed E-state index contributed by atoms with van der Waals surface area (Å²) in [5.74, 6) is -0.722. The number of aromatic nitrogens is 4. The smallest absolute Gasteiger partial charge is 0.433 e. The number of carboxylic acids is 1. The number of carboxylic acid groups (broad SMARTS) is 1. The molecule has 1 aromatic carbocycles. The number of nitrogens with zero attached hydrogens (tertiary/aromatic N) is 5. The zero-order chi connectivity index (χ0) is 22.9. The summed E-state index contributed by atoms with van der Waals surface area (Å²) in [5, 5.41) is 12.1. The molecule has 0 radical (unpaired) electrons. The van der Waals surface area contributed by atoms with E-state index in [1.807, 2.05) is 13.0 Å². The number of aryl methyl sites for hydroxylation is 1. The Bertz CT molecular complexity index is 1140. The third kappa shape index (κ3) is 4.61. The number of hydrogen-bond donors (Lipinski definition) is 2. The van der Waals surface area contributed by atoms with E-state index >= 15 is 0 Å². The largest absolute Gasteiger partial charge is 0.480 e. The maximum atomic E-state index is 12.9. The predicted molar refractivity (Wildman–Crippen MR) is 111 cm³/mol. The second-order valence-electron chi connectivity index (χ2n) is 7.44. The summed E-state index contributed by atoms with van der Waals surface area (Å²) in [6.45, 7) is 2.42. The van der Waals surface area contributed by atoms with Crippen molar-refractivity contribution in [2.24, 2.45) is 0 Å². The fraction of sp³-hybridized carbons (Fsp3) is 0.286. The second kappa shape index (κ2) is 8.40. The molecule has 32 heavy (non-hydrogen) atoms. The van der Waals surface area contributed by atoms with Gasteiger partial charge >= 0.3 is 12.1 Å². The van der Waals surface area contributed by atoms with Crippen LogP contribution in [0.15, 0.2) is 42.9 Å². The third-order valence-electron chi connectivity index (χ3n) is 5.05. The first-order valence-electron chi connectivity index (χ1n) is 9.81. The number of hydrogen-bond acceptors (Lipinski definition) is 7. The molecule has 1 aliphatic heterocycles. The predicted octanol–water partition coefficient (Wildman–Crippen LogP) is 4.06. The second-order valence-corrected chi connectivity index (χ2v) is 7.44. The molecule has 4 rings (SSSR count). The number of alkyl halides is 3. The van der Waals surface area contributed by atoms with Gasteiger partial charge in [-0.25, -0.2) is 24.7 Å². The lowest BCUT2D eigenvalue weighted by molar-refractivity contribution is -0.141. The van der Waals surface area contributed by atoms with Crippen molar-refractivity contribution in [1.82, 2.24) is 19.9 Å². The number of halogens is 3. The summed E-state index contributed by atoms with van der Waals surface area (Å²) in [7, 11) is 0. The number of nitrogens with one attached hydrogen (secondary N) is 1. The topological polar surface area (TPSA) is 104 Å². The molecule has 166 valence electrons. The lowest BCUT2D eigenvalue weighted by atomic mass is 10.1. The van der Waals surface area contributed by atoms with E-state index in [0.29, 0.717) is 30.2 Å². The van der Waals surface area contributed by atoms with E-state index in [1.54, 1.807) is 29.4 Å². The van der Waals surface area contributed by atoms with Gasteiger partial charge in [0, 0.05) is 36.4 Å². The standard InChI is InChI=1S/C21H19F3N6O2/c1-12-7-13(9-15(8-12)28-19-25-5-4-17(29-19)21(22,23)24)14-10-26-20(27-11-14)30-6-2-3-16(30)18(31)32/h4-5,7-11,16H,2-3,6H2,1H3,(H,31,32)(H,25,28,29)/t16-/m0/s1. The molecule has 0 bridgehead atoms. The van der Waals surface area contributed by atoms with Crippen molar-refractivity contribution in [3.63, 3.8) is 0 Å². The molecular weight excluding hydrogens is 425 g/mol. The van der Waals surface area contributed by atoms with Crippen molar-refractivity contribution in [3.05, 3.63) is 54.1 Å². The van der Waals surface area contributed by atoms with Crippen molar-refractivity contribution < 1.29 is 23.1 Å². The molecule has 1 aliphatic rings. The van der Waals surface area contributed by atoms with Crippen LogP contribution in [0.25, 0.3) is 11.1 Å². The van der Waals surface area contributed by atoms with Crippen molar-refractivity contribution in [3.8, 4) is 11.1 Å². The van der Waals surface area contributed by atoms with E-state index in [-0.39, 0.29) is 5.95 Å². The minimum atomic E-state index is -4.56. The Morgan fingerprint density at radius 3 is 2.59 bits per heavy atom. The van der Waals surface area contributed by atoms with E-state index < -0.39 is 23.9 Å². The molecule has 1 atom stereocenters. The van der Waals surface area contributed by atoms with Crippen LogP contribution in [-0.4, -0.2) is 43.6 Å². The van der Waals surface area contributed by atoms with Crippen molar-refractivity contribution in [2.45, 2.75) is 32.0 Å². The number of aliphatic carboxylic acids is 1. The highest BCUT2D eigenvalue weighted by Gasteiger charge is 2.33. The van der Waals surface area contributed by atoms with Crippen molar-refractivity contribution in [1.29, 1.82) is 0 Å². The molecule has 2 aromatic heterocycles. The van der Waals surface area contributed by atoms with Gasteiger partial charge in [0.2, 0.25) is 11.9 Å². The number of benzene rings is 1. The van der Waals surface area contributed by atoms with Crippen LogP contribution in [-0.2, 0) is 11.0 Å². The molecule has 0 unspecified atom stereocenters. The van der Waals surface area contributed by atoms with E-state index in [2.05, 4.69) is 25.3 Å². The van der Waals surface area contributed by atoms with E-state index in [4.69, 9.17) is 0 Å². The molecule has 0 amide bonds. The van der Waals surface area contributed by atoms with Crippen LogP contribution in [0.2, 0.25) is 0 Å². The molecule has 0 spiro atoms. The number of carbonyl (C=O) groups is 1. The van der Waals surface area contributed by atoms with Gasteiger partial charge in [-0.1, -0.05) is 6.07 Å². The Morgan fingerprint density at radius 2 is 1.91 bits per heavy atom. The van der Waals surface area contributed by atoms with Crippen LogP contribution in [0.4, 0.5) is 30.8 Å². The van der Waals surface area contributed by atoms with Gasteiger partial charge < -0.3 is 15.3 Å². The molecule has 3 heterocycles. The van der Waals surface area contributed by atoms with Gasteiger partial charge in [0.1, 0.15) is 11.7 Å². The average molecular weight is 444 g/mol. The Kier molecular flexibility index (Phi) is 5.64. The molecular formula is C21H19F3N6O2. The summed E-state index contributed by atoms with van der Waals surface area (Å²) in [5.41, 5.74) is 1.74. The molecule has 0 aliphatic carbocycles. The summed E-state index contributed by atoms with van der Waals surface area (Å²) in [6.07, 6.45) is 0.977. The Hall–Kier alpha value is -3.76. The SMILES string of the molecule is Cc1cc(Nc2nccc(C(F)(F)F)n2)cc(-c2cnc(N3CCC[C@H]3C(=O)O)nc2)c1. The van der Waals surface area contributed by atoms with Crippen LogP contribution >= 0.6 is 0 Å². The summed E-state index contributed by atoms with van der Waals surface area (Å²) >= 11 is 0. The highest BCUT2D eigenvalue weighted by molar-refractivity contribution is 5.78. The van der Waals surface area contributed by atoms with Gasteiger partial charge in [-0.2, -0.15) is 13.2 Å². The van der Waals surface area contributed by atoms with Crippen LogP contribution in [0.3, 0.4) is 0 Å². The average Bonchev–Trinajstić information content (AvgIpc) is 3.23. The molecule has 2 N–H and O–H groups in total. The minimum Gasteiger partial charge on any atom is -0.480 e. The number of anilines is 3. The first kappa shape index (κ1) is 21.5. The maximum absolute atomic E-state index is 12.9. The highest BCUT2D eigenvalue weighted by atomic mass is 19.4. The monoisotopic (exact) mass is 444 g/mol. The lowest BCUT2D eigenvalue weighted by Gasteiger charge is -2.21. The molecule has 1 fully saturated rings. The van der Waals surface area contributed by atoms with Gasteiger partial charge in [0.15, 0.2) is 0 Å². The fourth-order valence-electron chi connectivity index (χ4n) is 3.61. The Labute approximate surface area is 181 Å². The zero-order valence-corrected chi connectivity index (χ0v) is 17.0. The zero-order valence-electron chi connectivity index (χ0n) is 17.0. The van der Waals surface area contributed by atoms with Crippen molar-refractivity contribution >= 4 is 23.6 Å². The number of rotatable bonds is 5. The summed E-state index contributed by atoms with van der Waals surface area (Å²) < 4.78 is 38.7. The summed E-state index contributed by atoms with van der Waals surface area (Å²) in [4.78, 5) is 29.1. The first-order valence-corrected chi connectivity index (χ1v) is 9.81. The quantitative estimate of drug-likeness (QED) is 0.607. The van der Waals surface area contributed by atoms with Crippen LogP contribution in [0, 0.1) is 6.92 Å². The van der Waals surface area contributed by atoms with Gasteiger partial charge in [0.05, 0.1) is 0 Å². The molecule has 1 saturated heterocycles. The van der Waals surface area contributed by atoms with E-state index in [0.717, 1.165) is 29.8 Å². The minimum absolute atomic E-state index is 0.170. The maximum Gasteiger partial charge on any atom is 0.433 e. The van der Waals surface area contributed by atoms with Gasteiger partial charge in [0.25, 0.3) is 0 Å². The molecule has 0 saturated carbocycles. The van der Waals surface area contributed by atoms with Gasteiger partial charge in [-0.15, -0.1) is 0 Å². The van der Waals surface area contributed by atoms with Crippen LogP contribution < -0.4 is 10.2 Å². The molecule has 8 nitrogen and oxygen atoms in total. The first-order chi connectivity index (χ1) is 15.2. The Morgan fingerprint density at radius 1 is 1.16 bits per heavy atom. The van der Waals surface area contributed by atoms with Crippen molar-refractivity contribution in [2.75, 3.05) is 16.8 Å². The molecule has 3 aromatic rings. The summed E-state index contributed by atoms with van der Waals surface area (Å²) in [6, 6.07) is 5.53. The molecule has 11 heteroatoms. The Balaban J connectivity index is 1.57. The third-order valence-corrected chi connectivity index (χ3v) is 5.05. The highest BCUT2D eigenvalue weighted by Crippen LogP contribution is 2.30. The van der Waals surface area contributed by atoms with Gasteiger partial charge in [-0.3, -0.25) is 0 Å². The lowest BCUT2D eigenvalue weighted by Crippen LogP contribution is -2.36. The van der Waals surface area contributed by atoms with E-state index in [9.17, 15) is 23.1 Å². The normalized spacial score (nSPS) is 16.2. The van der Waals surface area contributed by atoms with Crippen LogP contribution in [0.5, 0.6) is 0 Å². The van der Waals surface area contributed by atoms with Crippen LogP contribution in [0.1, 0.15) is 24.1 Å².